The summed E-state index contributed by atoms with van der Waals surface area (Å²) < 4.78 is 17.6. The maximum atomic E-state index is 6.35. The summed E-state index contributed by atoms with van der Waals surface area (Å²) in [5.74, 6) is 0. The molecule has 17 heavy (non-hydrogen) atoms. The Balaban J connectivity index is 3.99. The molecule has 0 aliphatic heterocycles. The molecule has 0 spiro atoms. The maximum absolute atomic E-state index is 6.35. The average Bonchev–Trinajstić information content (AvgIpc) is 2.16. The molecule has 0 aliphatic carbocycles. The smallest absolute Gasteiger partial charge is 0.199 e. The number of ether oxygens (including phenoxy) is 2. The summed E-state index contributed by atoms with van der Waals surface area (Å²) in [6, 6.07) is 0. The van der Waals surface area contributed by atoms with Gasteiger partial charge < -0.3 is 13.6 Å². The van der Waals surface area contributed by atoms with E-state index in [9.17, 15) is 0 Å². The van der Waals surface area contributed by atoms with Crippen LogP contribution in [0.2, 0.25) is 26.2 Å². The van der Waals surface area contributed by atoms with E-state index in [1.54, 1.807) is 0 Å². The van der Waals surface area contributed by atoms with Crippen molar-refractivity contribution in [1.82, 2.24) is 0 Å². The largest absolute Gasteiger partial charge is 0.453 e. The molecule has 3 nitrogen and oxygen atoms in total. The molecule has 0 saturated carbocycles. The third-order valence-electron chi connectivity index (χ3n) is 2.15. The van der Waals surface area contributed by atoms with E-state index >= 15 is 0 Å². The van der Waals surface area contributed by atoms with Gasteiger partial charge in [-0.25, -0.2) is 0 Å². The molecule has 0 amide bonds. The SMILES string of the molecule is CCCOC[Si](C)(C)O[Si](C)(C)COCCC. The summed E-state index contributed by atoms with van der Waals surface area (Å²) in [4.78, 5) is 0. The van der Waals surface area contributed by atoms with Crippen LogP contribution in [0.25, 0.3) is 0 Å². The first kappa shape index (κ1) is 17.3. The minimum absolute atomic E-state index is 0.797. The molecule has 0 bridgehead atoms. The Morgan fingerprint density at radius 3 is 1.35 bits per heavy atom. The first-order valence-electron chi connectivity index (χ1n) is 6.68. The van der Waals surface area contributed by atoms with E-state index in [-0.39, 0.29) is 0 Å². The lowest BCUT2D eigenvalue weighted by molar-refractivity contribution is 0.155. The number of rotatable bonds is 10. The molecule has 0 atom stereocenters. The van der Waals surface area contributed by atoms with E-state index in [4.69, 9.17) is 13.6 Å². The van der Waals surface area contributed by atoms with Crippen LogP contribution in [-0.2, 0) is 13.6 Å². The standard InChI is InChI=1S/C12H30O3Si2/c1-7-9-13-11-16(3,4)15-17(5,6)12-14-10-8-2/h7-12H2,1-6H3. The van der Waals surface area contributed by atoms with Gasteiger partial charge in [-0.2, -0.15) is 0 Å². The van der Waals surface area contributed by atoms with Crippen molar-refractivity contribution in [2.45, 2.75) is 52.9 Å². The van der Waals surface area contributed by atoms with Crippen LogP contribution in [-0.4, -0.2) is 42.3 Å². The van der Waals surface area contributed by atoms with Crippen molar-refractivity contribution >= 4 is 16.6 Å². The molecular weight excluding hydrogens is 248 g/mol. The van der Waals surface area contributed by atoms with Crippen molar-refractivity contribution < 1.29 is 13.6 Å². The van der Waals surface area contributed by atoms with Gasteiger partial charge in [0.05, 0.1) is 12.5 Å². The quantitative estimate of drug-likeness (QED) is 0.453. The molecule has 0 aliphatic rings. The van der Waals surface area contributed by atoms with Crippen LogP contribution in [0.3, 0.4) is 0 Å². The molecule has 0 heterocycles. The predicted molar refractivity (Wildman–Crippen MR) is 78.3 cm³/mol. The highest BCUT2D eigenvalue weighted by Crippen LogP contribution is 2.15. The fraction of sp³-hybridized carbons (Fsp3) is 1.00. The average molecular weight is 279 g/mol. The summed E-state index contributed by atoms with van der Waals surface area (Å²) in [5, 5.41) is 0. The molecule has 5 heteroatoms. The van der Waals surface area contributed by atoms with Crippen molar-refractivity contribution in [3.8, 4) is 0 Å². The molecule has 0 aromatic heterocycles. The zero-order valence-electron chi connectivity index (χ0n) is 12.5. The summed E-state index contributed by atoms with van der Waals surface area (Å²) in [5.41, 5.74) is 0. The Labute approximate surface area is 109 Å². The fourth-order valence-corrected chi connectivity index (χ4v) is 9.46. The summed E-state index contributed by atoms with van der Waals surface area (Å²) in [7, 11) is -3.35. The van der Waals surface area contributed by atoms with Gasteiger partial charge in [0, 0.05) is 13.2 Å². The minimum atomic E-state index is -1.68. The number of hydrogen-bond acceptors (Lipinski definition) is 3. The monoisotopic (exact) mass is 278 g/mol. The third-order valence-corrected chi connectivity index (χ3v) is 8.37. The lowest BCUT2D eigenvalue weighted by Crippen LogP contribution is -2.50. The number of hydrogen-bond donors (Lipinski definition) is 0. The van der Waals surface area contributed by atoms with Crippen molar-refractivity contribution in [2.24, 2.45) is 0 Å². The second kappa shape index (κ2) is 8.42. The van der Waals surface area contributed by atoms with E-state index in [1.165, 1.54) is 0 Å². The second-order valence-corrected chi connectivity index (χ2v) is 14.2. The molecule has 0 unspecified atom stereocenters. The Hall–Kier alpha value is 0.314. The van der Waals surface area contributed by atoms with Crippen molar-refractivity contribution in [2.75, 3.05) is 25.7 Å². The van der Waals surface area contributed by atoms with Gasteiger partial charge in [-0.05, 0) is 39.0 Å². The summed E-state index contributed by atoms with van der Waals surface area (Å²) in [6.45, 7) is 14.9. The normalized spacial score (nSPS) is 13.1. The van der Waals surface area contributed by atoms with Gasteiger partial charge in [0.2, 0.25) is 0 Å². The highest BCUT2D eigenvalue weighted by Gasteiger charge is 2.33. The molecule has 0 aromatic rings. The van der Waals surface area contributed by atoms with Gasteiger partial charge in [-0.15, -0.1) is 0 Å². The van der Waals surface area contributed by atoms with Crippen molar-refractivity contribution in [3.05, 3.63) is 0 Å². The zero-order valence-corrected chi connectivity index (χ0v) is 14.5. The maximum Gasteiger partial charge on any atom is 0.199 e. The molecule has 0 rings (SSSR count). The molecule has 0 radical (unpaired) electrons. The fourth-order valence-electron chi connectivity index (χ4n) is 1.73. The van der Waals surface area contributed by atoms with Crippen LogP contribution >= 0.6 is 0 Å². The Morgan fingerprint density at radius 2 is 1.06 bits per heavy atom. The third kappa shape index (κ3) is 9.97. The van der Waals surface area contributed by atoms with Crippen LogP contribution in [0.4, 0.5) is 0 Å². The van der Waals surface area contributed by atoms with Crippen LogP contribution in [0, 0.1) is 0 Å². The van der Waals surface area contributed by atoms with Gasteiger partial charge in [0.1, 0.15) is 0 Å². The lowest BCUT2D eigenvalue weighted by atomic mass is 10.5. The second-order valence-electron chi connectivity index (χ2n) is 5.73. The molecule has 0 aromatic carbocycles. The molecule has 0 saturated heterocycles. The molecule has 0 N–H and O–H groups in total. The zero-order chi connectivity index (χ0) is 13.4. The lowest BCUT2D eigenvalue weighted by Gasteiger charge is -2.33. The topological polar surface area (TPSA) is 27.7 Å². The van der Waals surface area contributed by atoms with Crippen LogP contribution in [0.1, 0.15) is 26.7 Å². The Bertz CT molecular complexity index is 176. The Morgan fingerprint density at radius 1 is 0.706 bits per heavy atom. The Kier molecular flexibility index (Phi) is 8.58. The minimum Gasteiger partial charge on any atom is -0.453 e. The van der Waals surface area contributed by atoms with Crippen molar-refractivity contribution in [1.29, 1.82) is 0 Å². The summed E-state index contributed by atoms with van der Waals surface area (Å²) >= 11 is 0. The van der Waals surface area contributed by atoms with Gasteiger partial charge in [-0.3, -0.25) is 0 Å². The summed E-state index contributed by atoms with van der Waals surface area (Å²) in [6.07, 6.45) is 3.74. The first-order chi connectivity index (χ1) is 7.83. The highest BCUT2D eigenvalue weighted by atomic mass is 28.4. The van der Waals surface area contributed by atoms with Gasteiger partial charge in [0.25, 0.3) is 0 Å². The van der Waals surface area contributed by atoms with Crippen LogP contribution < -0.4 is 0 Å². The van der Waals surface area contributed by atoms with E-state index < -0.39 is 16.6 Å². The van der Waals surface area contributed by atoms with E-state index in [0.29, 0.717) is 0 Å². The van der Waals surface area contributed by atoms with Gasteiger partial charge in [0.15, 0.2) is 16.6 Å². The molecule has 0 fully saturated rings. The van der Waals surface area contributed by atoms with Crippen LogP contribution in [0.15, 0.2) is 0 Å². The van der Waals surface area contributed by atoms with Crippen LogP contribution in [0.5, 0.6) is 0 Å². The predicted octanol–water partition coefficient (Wildman–Crippen LogP) is 3.34. The van der Waals surface area contributed by atoms with Gasteiger partial charge >= 0.3 is 0 Å². The molecule has 104 valence electrons. The van der Waals surface area contributed by atoms with Gasteiger partial charge in [-0.1, -0.05) is 13.8 Å². The molecular formula is C12H30O3Si2. The highest BCUT2D eigenvalue weighted by molar-refractivity contribution is 6.84. The van der Waals surface area contributed by atoms with Crippen molar-refractivity contribution in [3.63, 3.8) is 0 Å². The first-order valence-corrected chi connectivity index (χ1v) is 12.9. The van der Waals surface area contributed by atoms with E-state index in [2.05, 4.69) is 40.0 Å². The van der Waals surface area contributed by atoms with E-state index in [1.807, 2.05) is 0 Å². The van der Waals surface area contributed by atoms with E-state index in [0.717, 1.165) is 38.5 Å².